The number of fused-ring (bicyclic) bond motifs is 1. The van der Waals surface area contributed by atoms with Crippen LogP contribution in [0.4, 0.5) is 10.2 Å². The summed E-state index contributed by atoms with van der Waals surface area (Å²) in [6.45, 7) is 4.63. The number of rotatable bonds is 7. The summed E-state index contributed by atoms with van der Waals surface area (Å²) in [7, 11) is 0. The Labute approximate surface area is 226 Å². The molecule has 0 saturated carbocycles. The highest BCUT2D eigenvalue weighted by Crippen LogP contribution is 2.25. The number of nitrogens with zero attached hydrogens (tertiary/aromatic N) is 5. The third-order valence-corrected chi connectivity index (χ3v) is 7.15. The van der Waals surface area contributed by atoms with Crippen molar-refractivity contribution in [1.29, 1.82) is 0 Å². The topological polar surface area (TPSA) is 62.2 Å². The number of aromatic nitrogens is 3. The minimum Gasteiger partial charge on any atom is -0.353 e. The molecule has 194 valence electrons. The summed E-state index contributed by atoms with van der Waals surface area (Å²) in [4.78, 5) is 31.1. The summed E-state index contributed by atoms with van der Waals surface area (Å²) in [6.07, 6.45) is 5.83. The van der Waals surface area contributed by atoms with Crippen molar-refractivity contribution in [2.24, 2.45) is 0 Å². The molecule has 0 atom stereocenters. The van der Waals surface area contributed by atoms with E-state index >= 15 is 0 Å². The number of carbonyl (C=O) groups excluding carboxylic acids is 1. The van der Waals surface area contributed by atoms with Gasteiger partial charge in [0.1, 0.15) is 11.6 Å². The van der Waals surface area contributed by atoms with Gasteiger partial charge in [0.05, 0.1) is 17.2 Å². The number of piperazine rings is 1. The second-order valence-electron chi connectivity index (χ2n) is 9.86. The van der Waals surface area contributed by atoms with Crippen molar-refractivity contribution in [3.05, 3.63) is 120 Å². The van der Waals surface area contributed by atoms with Crippen LogP contribution in [0.2, 0.25) is 0 Å². The monoisotopic (exact) mass is 517 g/mol. The number of Topliss-reactive ketones (excluding diaryl/α,β-unsaturated/α-hetero) is 1. The summed E-state index contributed by atoms with van der Waals surface area (Å²) in [5.74, 6) is 0.391. The largest absolute Gasteiger partial charge is 0.353 e. The molecule has 1 aliphatic heterocycles. The summed E-state index contributed by atoms with van der Waals surface area (Å²) in [5.41, 5.74) is 6.29. The molecule has 0 spiro atoms. The number of carbonyl (C=O) groups is 1. The predicted molar refractivity (Wildman–Crippen MR) is 151 cm³/mol. The van der Waals surface area contributed by atoms with Crippen molar-refractivity contribution in [3.8, 4) is 11.1 Å². The van der Waals surface area contributed by atoms with E-state index < -0.39 is 5.82 Å². The van der Waals surface area contributed by atoms with Gasteiger partial charge >= 0.3 is 0 Å². The zero-order valence-electron chi connectivity index (χ0n) is 21.5. The minimum atomic E-state index is -0.401. The molecule has 5 aromatic rings. The molecule has 39 heavy (non-hydrogen) atoms. The molecule has 1 fully saturated rings. The fraction of sp³-hybridized carbons (Fsp3) is 0.188. The number of ketones is 1. The highest BCUT2D eigenvalue weighted by Gasteiger charge is 2.19. The SMILES string of the molecule is O=C(Cc1ccc(-c2ccc3ncc(N4CCN(Cc5cccnc5)CC4)nc3c2)cc1)c1cccc(F)c1. The number of halogens is 1. The Hall–Kier alpha value is -4.49. The molecule has 3 heterocycles. The molecule has 3 aromatic carbocycles. The normalized spacial score (nSPS) is 14.0. The van der Waals surface area contributed by atoms with Gasteiger partial charge in [0.25, 0.3) is 0 Å². The lowest BCUT2D eigenvalue weighted by Crippen LogP contribution is -2.46. The molecule has 0 aliphatic carbocycles. The van der Waals surface area contributed by atoms with E-state index in [-0.39, 0.29) is 12.2 Å². The predicted octanol–water partition coefficient (Wildman–Crippen LogP) is 5.58. The van der Waals surface area contributed by atoms with Crippen LogP contribution in [0.5, 0.6) is 0 Å². The molecule has 2 aromatic heterocycles. The second-order valence-corrected chi connectivity index (χ2v) is 9.86. The van der Waals surface area contributed by atoms with Crippen molar-refractivity contribution in [3.63, 3.8) is 0 Å². The molecular weight excluding hydrogens is 489 g/mol. The lowest BCUT2D eigenvalue weighted by atomic mass is 9.99. The third-order valence-electron chi connectivity index (χ3n) is 7.15. The molecule has 7 heteroatoms. The number of hydrogen-bond donors (Lipinski definition) is 0. The van der Waals surface area contributed by atoms with Gasteiger partial charge in [-0.1, -0.05) is 48.5 Å². The average Bonchev–Trinajstić information content (AvgIpc) is 2.98. The standard InChI is InChI=1S/C32H28FN5O/c33-28-5-1-4-27(18-28)31(39)17-23-6-8-25(9-7-23)26-10-11-29-30(19-26)36-32(21-35-29)38-15-13-37(14-16-38)22-24-3-2-12-34-20-24/h1-12,18-21H,13-17,22H2. The fourth-order valence-electron chi connectivity index (χ4n) is 4.98. The first-order chi connectivity index (χ1) is 19.1. The fourth-order valence-corrected chi connectivity index (χ4v) is 4.98. The Bertz CT molecular complexity index is 1600. The van der Waals surface area contributed by atoms with Crippen molar-refractivity contribution in [1.82, 2.24) is 19.9 Å². The minimum absolute atomic E-state index is 0.103. The van der Waals surface area contributed by atoms with Gasteiger partial charge in [-0.2, -0.15) is 0 Å². The van der Waals surface area contributed by atoms with Crippen LogP contribution in [0.3, 0.4) is 0 Å². The van der Waals surface area contributed by atoms with Crippen LogP contribution in [0.15, 0.2) is 97.5 Å². The van der Waals surface area contributed by atoms with E-state index in [1.165, 1.54) is 17.7 Å². The van der Waals surface area contributed by atoms with Gasteiger partial charge in [-0.3, -0.25) is 19.7 Å². The third kappa shape index (κ3) is 5.84. The number of hydrogen-bond acceptors (Lipinski definition) is 6. The molecule has 1 saturated heterocycles. The van der Waals surface area contributed by atoms with Crippen molar-refractivity contribution >= 4 is 22.6 Å². The van der Waals surface area contributed by atoms with Crippen LogP contribution in [0.1, 0.15) is 21.5 Å². The Balaban J connectivity index is 1.13. The van der Waals surface area contributed by atoms with Crippen LogP contribution in [0.25, 0.3) is 22.2 Å². The van der Waals surface area contributed by atoms with Crippen LogP contribution >= 0.6 is 0 Å². The van der Waals surface area contributed by atoms with Gasteiger partial charge in [-0.25, -0.2) is 9.37 Å². The van der Waals surface area contributed by atoms with Crippen LogP contribution in [0, 0.1) is 5.82 Å². The van der Waals surface area contributed by atoms with Crippen molar-refractivity contribution < 1.29 is 9.18 Å². The van der Waals surface area contributed by atoms with Gasteiger partial charge in [-0.15, -0.1) is 0 Å². The summed E-state index contributed by atoms with van der Waals surface area (Å²) >= 11 is 0. The Morgan fingerprint density at radius 2 is 1.62 bits per heavy atom. The van der Waals surface area contributed by atoms with E-state index in [1.807, 2.05) is 54.9 Å². The maximum Gasteiger partial charge on any atom is 0.167 e. The molecular formula is C32H28FN5O. The molecule has 0 amide bonds. The molecule has 6 rings (SSSR count). The van der Waals surface area contributed by atoms with Gasteiger partial charge in [0, 0.05) is 57.1 Å². The first-order valence-corrected chi connectivity index (χ1v) is 13.1. The smallest absolute Gasteiger partial charge is 0.167 e. The number of pyridine rings is 1. The van der Waals surface area contributed by atoms with Gasteiger partial charge in [0.15, 0.2) is 5.78 Å². The maximum atomic E-state index is 13.5. The van der Waals surface area contributed by atoms with E-state index in [4.69, 9.17) is 4.98 Å². The van der Waals surface area contributed by atoms with E-state index in [1.54, 1.807) is 18.3 Å². The highest BCUT2D eigenvalue weighted by atomic mass is 19.1. The van der Waals surface area contributed by atoms with Crippen LogP contribution in [-0.4, -0.2) is 51.8 Å². The molecule has 6 nitrogen and oxygen atoms in total. The lowest BCUT2D eigenvalue weighted by Gasteiger charge is -2.35. The van der Waals surface area contributed by atoms with Gasteiger partial charge in [-0.05, 0) is 52.6 Å². The van der Waals surface area contributed by atoms with Crippen LogP contribution < -0.4 is 4.90 Å². The van der Waals surface area contributed by atoms with E-state index in [0.717, 1.165) is 66.3 Å². The molecule has 1 aliphatic rings. The second kappa shape index (κ2) is 11.1. The average molecular weight is 518 g/mol. The van der Waals surface area contributed by atoms with E-state index in [9.17, 15) is 9.18 Å². The number of benzene rings is 3. The first-order valence-electron chi connectivity index (χ1n) is 13.1. The van der Waals surface area contributed by atoms with Crippen molar-refractivity contribution in [2.75, 3.05) is 31.1 Å². The summed E-state index contributed by atoms with van der Waals surface area (Å²) < 4.78 is 13.5. The van der Waals surface area contributed by atoms with E-state index in [2.05, 4.69) is 31.9 Å². The number of anilines is 1. The maximum absolute atomic E-state index is 13.5. The summed E-state index contributed by atoms with van der Waals surface area (Å²) in [6, 6.07) is 23.9. The zero-order chi connectivity index (χ0) is 26.6. The van der Waals surface area contributed by atoms with Gasteiger partial charge < -0.3 is 4.90 Å². The Kier molecular flexibility index (Phi) is 7.06. The van der Waals surface area contributed by atoms with E-state index in [0.29, 0.717) is 5.56 Å². The quantitative estimate of drug-likeness (QED) is 0.263. The molecule has 0 unspecified atom stereocenters. The van der Waals surface area contributed by atoms with Gasteiger partial charge in [0.2, 0.25) is 0 Å². The zero-order valence-corrected chi connectivity index (χ0v) is 21.5. The molecule has 0 radical (unpaired) electrons. The molecule has 0 N–H and O–H groups in total. The Morgan fingerprint density at radius 3 is 2.38 bits per heavy atom. The van der Waals surface area contributed by atoms with Crippen LogP contribution in [-0.2, 0) is 13.0 Å². The lowest BCUT2D eigenvalue weighted by molar-refractivity contribution is 0.0992. The Morgan fingerprint density at radius 1 is 0.795 bits per heavy atom. The highest BCUT2D eigenvalue weighted by molar-refractivity contribution is 5.97. The summed E-state index contributed by atoms with van der Waals surface area (Å²) in [5, 5.41) is 0. The first kappa shape index (κ1) is 24.8. The molecule has 0 bridgehead atoms. The van der Waals surface area contributed by atoms with Crippen molar-refractivity contribution in [2.45, 2.75) is 13.0 Å².